The number of rotatable bonds is 5. The molecule has 3 nitrogen and oxygen atoms in total. The summed E-state index contributed by atoms with van der Waals surface area (Å²) < 4.78 is 5.50. The van der Waals surface area contributed by atoms with Crippen LogP contribution in [0.4, 0.5) is 0 Å². The molecule has 0 unspecified atom stereocenters. The molecule has 0 N–H and O–H groups in total. The topological polar surface area (TPSA) is 35.0 Å². The molecule has 17 heavy (non-hydrogen) atoms. The smallest absolute Gasteiger partial charge is 0.151 e. The third-order valence-corrected chi connectivity index (χ3v) is 2.18. The van der Waals surface area contributed by atoms with Crippen molar-refractivity contribution in [3.63, 3.8) is 0 Å². The van der Waals surface area contributed by atoms with Crippen molar-refractivity contribution in [3.05, 3.63) is 66.3 Å². The Morgan fingerprint density at radius 1 is 1.00 bits per heavy atom. The van der Waals surface area contributed by atoms with E-state index >= 15 is 0 Å². The summed E-state index contributed by atoms with van der Waals surface area (Å²) in [6.07, 6.45) is 7.21. The van der Waals surface area contributed by atoms with Crippen molar-refractivity contribution in [2.45, 2.75) is 6.61 Å². The number of hydrogen-bond acceptors (Lipinski definition) is 3. The largest absolute Gasteiger partial charge is 0.373 e. The summed E-state index contributed by atoms with van der Waals surface area (Å²) in [6, 6.07) is 11.9. The summed E-state index contributed by atoms with van der Waals surface area (Å²) in [6.45, 7) is 1.19. The van der Waals surface area contributed by atoms with Crippen LogP contribution in [0.1, 0.15) is 11.4 Å². The fraction of sp³-hybridized carbons (Fsp3) is 0.143. The van der Waals surface area contributed by atoms with Gasteiger partial charge in [-0.05, 0) is 17.7 Å². The van der Waals surface area contributed by atoms with Gasteiger partial charge in [0.2, 0.25) is 0 Å². The first-order chi connectivity index (χ1) is 8.45. The molecule has 0 aliphatic heterocycles. The maximum absolute atomic E-state index is 5.50. The van der Waals surface area contributed by atoms with Crippen LogP contribution in [0.5, 0.6) is 0 Å². The predicted octanol–water partition coefficient (Wildman–Crippen LogP) is 2.71. The number of ether oxygens (including phenoxy) is 1. The Balaban J connectivity index is 1.72. The second-order valence-corrected chi connectivity index (χ2v) is 3.51. The zero-order valence-corrected chi connectivity index (χ0v) is 9.49. The molecular weight excluding hydrogens is 212 g/mol. The maximum Gasteiger partial charge on any atom is 0.151 e. The van der Waals surface area contributed by atoms with Crippen LogP contribution in [0.25, 0.3) is 6.08 Å². The van der Waals surface area contributed by atoms with Crippen molar-refractivity contribution in [1.29, 1.82) is 0 Å². The molecule has 0 bridgehead atoms. The third kappa shape index (κ3) is 4.17. The lowest BCUT2D eigenvalue weighted by Crippen LogP contribution is -1.92. The molecule has 0 radical (unpaired) electrons. The standard InChI is InChI=1S/C14H14N2O/c1-2-6-13(7-3-1)12-17-11-4-8-14-15-9-5-10-16-14/h1-10H,11-12H2. The van der Waals surface area contributed by atoms with Gasteiger partial charge in [0, 0.05) is 12.4 Å². The van der Waals surface area contributed by atoms with E-state index < -0.39 is 0 Å². The zero-order chi connectivity index (χ0) is 11.8. The minimum absolute atomic E-state index is 0.563. The summed E-state index contributed by atoms with van der Waals surface area (Å²) in [5.74, 6) is 0.704. The van der Waals surface area contributed by atoms with Gasteiger partial charge in [-0.3, -0.25) is 0 Å². The van der Waals surface area contributed by atoms with E-state index in [4.69, 9.17) is 4.74 Å². The zero-order valence-electron chi connectivity index (χ0n) is 9.49. The molecule has 2 rings (SSSR count). The van der Waals surface area contributed by atoms with Crippen LogP contribution in [-0.2, 0) is 11.3 Å². The van der Waals surface area contributed by atoms with Crippen LogP contribution in [0.15, 0.2) is 54.9 Å². The van der Waals surface area contributed by atoms with E-state index in [-0.39, 0.29) is 0 Å². The van der Waals surface area contributed by atoms with Crippen molar-refractivity contribution in [1.82, 2.24) is 9.97 Å². The van der Waals surface area contributed by atoms with Crippen molar-refractivity contribution >= 4 is 6.08 Å². The first kappa shape index (κ1) is 11.5. The average Bonchev–Trinajstić information content (AvgIpc) is 2.41. The van der Waals surface area contributed by atoms with Crippen LogP contribution in [0.3, 0.4) is 0 Å². The quantitative estimate of drug-likeness (QED) is 0.735. The summed E-state index contributed by atoms with van der Waals surface area (Å²) in [5, 5.41) is 0. The monoisotopic (exact) mass is 226 g/mol. The van der Waals surface area contributed by atoms with Gasteiger partial charge in [-0.2, -0.15) is 0 Å². The predicted molar refractivity (Wildman–Crippen MR) is 67.2 cm³/mol. The molecular formula is C14H14N2O. The van der Waals surface area contributed by atoms with Crippen LogP contribution < -0.4 is 0 Å². The molecule has 1 aromatic heterocycles. The molecule has 0 aliphatic carbocycles. The molecule has 2 aromatic rings. The minimum Gasteiger partial charge on any atom is -0.373 e. The highest BCUT2D eigenvalue weighted by Crippen LogP contribution is 2.00. The van der Waals surface area contributed by atoms with Crippen LogP contribution in [0.2, 0.25) is 0 Å². The van der Waals surface area contributed by atoms with Gasteiger partial charge in [0.05, 0.1) is 13.2 Å². The second-order valence-electron chi connectivity index (χ2n) is 3.51. The van der Waals surface area contributed by atoms with Crippen molar-refractivity contribution in [2.75, 3.05) is 6.61 Å². The molecule has 0 fully saturated rings. The Hall–Kier alpha value is -2.00. The van der Waals surface area contributed by atoms with Gasteiger partial charge in [-0.25, -0.2) is 9.97 Å². The van der Waals surface area contributed by atoms with E-state index in [1.807, 2.05) is 42.5 Å². The molecule has 0 amide bonds. The molecule has 1 heterocycles. The number of nitrogens with zero attached hydrogens (tertiary/aromatic N) is 2. The SMILES string of the molecule is C(=Cc1ncccn1)COCc1ccccc1. The van der Waals surface area contributed by atoms with Gasteiger partial charge in [0.1, 0.15) is 0 Å². The Bertz CT molecular complexity index is 454. The van der Waals surface area contributed by atoms with Gasteiger partial charge in [0.15, 0.2) is 5.82 Å². The lowest BCUT2D eigenvalue weighted by molar-refractivity contribution is 0.149. The van der Waals surface area contributed by atoms with Gasteiger partial charge >= 0.3 is 0 Å². The fourth-order valence-corrected chi connectivity index (χ4v) is 1.37. The van der Waals surface area contributed by atoms with Crippen LogP contribution in [0, 0.1) is 0 Å². The van der Waals surface area contributed by atoms with Crippen LogP contribution in [-0.4, -0.2) is 16.6 Å². The maximum atomic E-state index is 5.50. The second kappa shape index (κ2) is 6.55. The van der Waals surface area contributed by atoms with Crippen LogP contribution >= 0.6 is 0 Å². The summed E-state index contributed by atoms with van der Waals surface area (Å²) >= 11 is 0. The molecule has 1 aromatic carbocycles. The van der Waals surface area contributed by atoms with Crippen molar-refractivity contribution in [3.8, 4) is 0 Å². The van der Waals surface area contributed by atoms with Crippen molar-refractivity contribution < 1.29 is 4.74 Å². The fourth-order valence-electron chi connectivity index (χ4n) is 1.37. The number of aromatic nitrogens is 2. The molecule has 0 atom stereocenters. The highest BCUT2D eigenvalue weighted by molar-refractivity contribution is 5.38. The van der Waals surface area contributed by atoms with E-state index in [9.17, 15) is 0 Å². The van der Waals surface area contributed by atoms with E-state index in [2.05, 4.69) is 9.97 Å². The van der Waals surface area contributed by atoms with E-state index in [1.165, 1.54) is 5.56 Å². The summed E-state index contributed by atoms with van der Waals surface area (Å²) in [4.78, 5) is 8.16. The number of hydrogen-bond donors (Lipinski definition) is 0. The van der Waals surface area contributed by atoms with E-state index in [0.29, 0.717) is 19.0 Å². The normalized spacial score (nSPS) is 10.8. The third-order valence-electron chi connectivity index (χ3n) is 2.18. The van der Waals surface area contributed by atoms with E-state index in [0.717, 1.165) is 0 Å². The Morgan fingerprint density at radius 3 is 2.53 bits per heavy atom. The molecule has 0 saturated heterocycles. The van der Waals surface area contributed by atoms with Gasteiger partial charge in [-0.1, -0.05) is 36.4 Å². The minimum atomic E-state index is 0.563. The lowest BCUT2D eigenvalue weighted by atomic mass is 10.2. The molecule has 3 heteroatoms. The van der Waals surface area contributed by atoms with E-state index in [1.54, 1.807) is 18.5 Å². The van der Waals surface area contributed by atoms with Gasteiger partial charge < -0.3 is 4.74 Å². The highest BCUT2D eigenvalue weighted by atomic mass is 16.5. The highest BCUT2D eigenvalue weighted by Gasteiger charge is 1.90. The average molecular weight is 226 g/mol. The Labute approximate surface area is 101 Å². The number of benzene rings is 1. The van der Waals surface area contributed by atoms with Gasteiger partial charge in [0.25, 0.3) is 0 Å². The Morgan fingerprint density at radius 2 is 1.76 bits per heavy atom. The first-order valence-electron chi connectivity index (χ1n) is 5.50. The lowest BCUT2D eigenvalue weighted by Gasteiger charge is -2.00. The Kier molecular flexibility index (Phi) is 4.43. The van der Waals surface area contributed by atoms with Gasteiger partial charge in [-0.15, -0.1) is 0 Å². The summed E-state index contributed by atoms with van der Waals surface area (Å²) in [5.41, 5.74) is 1.18. The molecule has 86 valence electrons. The van der Waals surface area contributed by atoms with Crippen molar-refractivity contribution in [2.24, 2.45) is 0 Å². The summed E-state index contributed by atoms with van der Waals surface area (Å²) in [7, 11) is 0. The molecule has 0 saturated carbocycles. The molecule has 0 aliphatic rings. The first-order valence-corrected chi connectivity index (χ1v) is 5.50. The molecule has 0 spiro atoms.